The summed E-state index contributed by atoms with van der Waals surface area (Å²) in [6.45, 7) is 1.87. The van der Waals surface area contributed by atoms with E-state index in [0.717, 1.165) is 0 Å². The molecule has 5 heteroatoms. The number of rotatable bonds is 3. The molecule has 0 saturated heterocycles. The standard InChI is InChI=1S/C10H14N2O3/c1-3-9(12(2)10(14)15)8-6-7(13)4-5-11-8/h4-6,9H,3H2,1-2H3,(H,11,13)(H,14,15). The Balaban J connectivity index is 3.02. The number of aromatic nitrogens is 1. The Morgan fingerprint density at radius 3 is 2.80 bits per heavy atom. The van der Waals surface area contributed by atoms with Crippen molar-refractivity contribution < 1.29 is 9.90 Å². The third-order valence-corrected chi connectivity index (χ3v) is 2.31. The summed E-state index contributed by atoms with van der Waals surface area (Å²) in [5, 5.41) is 8.85. The molecule has 0 fully saturated rings. The molecule has 0 aliphatic carbocycles. The number of pyridine rings is 1. The lowest BCUT2D eigenvalue weighted by molar-refractivity contribution is 0.136. The van der Waals surface area contributed by atoms with Gasteiger partial charge >= 0.3 is 6.09 Å². The van der Waals surface area contributed by atoms with Gasteiger partial charge in [0.05, 0.1) is 6.04 Å². The predicted octanol–water partition coefficient (Wildman–Crippen LogP) is 1.44. The highest BCUT2D eigenvalue weighted by Gasteiger charge is 2.19. The van der Waals surface area contributed by atoms with Crippen molar-refractivity contribution in [3.05, 3.63) is 34.2 Å². The molecule has 1 amide bonds. The molecule has 5 nitrogen and oxygen atoms in total. The zero-order chi connectivity index (χ0) is 11.4. The Morgan fingerprint density at radius 1 is 1.67 bits per heavy atom. The molecule has 0 saturated carbocycles. The van der Waals surface area contributed by atoms with Gasteiger partial charge < -0.3 is 15.0 Å². The van der Waals surface area contributed by atoms with Crippen molar-refractivity contribution in [1.29, 1.82) is 0 Å². The average molecular weight is 210 g/mol. The number of hydrogen-bond donors (Lipinski definition) is 2. The van der Waals surface area contributed by atoms with Gasteiger partial charge in [0, 0.05) is 31.1 Å². The fourth-order valence-corrected chi connectivity index (χ4v) is 1.49. The number of carbonyl (C=O) groups is 1. The smallest absolute Gasteiger partial charge is 0.407 e. The van der Waals surface area contributed by atoms with E-state index >= 15 is 0 Å². The van der Waals surface area contributed by atoms with E-state index in [1.54, 1.807) is 0 Å². The second-order valence-electron chi connectivity index (χ2n) is 3.30. The minimum Gasteiger partial charge on any atom is -0.465 e. The van der Waals surface area contributed by atoms with Crippen molar-refractivity contribution in [2.45, 2.75) is 19.4 Å². The Kier molecular flexibility index (Phi) is 3.49. The van der Waals surface area contributed by atoms with Gasteiger partial charge in [-0.1, -0.05) is 6.92 Å². The summed E-state index contributed by atoms with van der Waals surface area (Å²) in [5.74, 6) is 0. The fourth-order valence-electron chi connectivity index (χ4n) is 1.49. The Labute approximate surface area is 87.4 Å². The van der Waals surface area contributed by atoms with Gasteiger partial charge in [-0.2, -0.15) is 0 Å². The van der Waals surface area contributed by atoms with Gasteiger partial charge in [-0.3, -0.25) is 4.79 Å². The van der Waals surface area contributed by atoms with Gasteiger partial charge in [-0.15, -0.1) is 0 Å². The third-order valence-electron chi connectivity index (χ3n) is 2.31. The zero-order valence-electron chi connectivity index (χ0n) is 8.73. The van der Waals surface area contributed by atoms with Crippen LogP contribution in [0.3, 0.4) is 0 Å². The highest BCUT2D eigenvalue weighted by atomic mass is 16.4. The number of nitrogens with one attached hydrogen (secondary N) is 1. The summed E-state index contributed by atoms with van der Waals surface area (Å²) in [6.07, 6.45) is 1.13. The second kappa shape index (κ2) is 4.63. The Hall–Kier alpha value is -1.78. The van der Waals surface area contributed by atoms with Crippen LogP contribution in [0.25, 0.3) is 0 Å². The first-order valence-corrected chi connectivity index (χ1v) is 4.70. The van der Waals surface area contributed by atoms with Crippen molar-refractivity contribution in [2.24, 2.45) is 0 Å². The number of aromatic amines is 1. The normalized spacial score (nSPS) is 12.1. The number of nitrogens with zero attached hydrogens (tertiary/aromatic N) is 1. The van der Waals surface area contributed by atoms with Crippen LogP contribution in [0.1, 0.15) is 25.1 Å². The molecule has 15 heavy (non-hydrogen) atoms. The van der Waals surface area contributed by atoms with E-state index in [4.69, 9.17) is 5.11 Å². The molecular formula is C10H14N2O3. The van der Waals surface area contributed by atoms with E-state index in [0.29, 0.717) is 12.1 Å². The summed E-state index contributed by atoms with van der Waals surface area (Å²) in [7, 11) is 1.49. The molecule has 0 bridgehead atoms. The number of H-pyrrole nitrogens is 1. The van der Waals surface area contributed by atoms with Gasteiger partial charge in [0.1, 0.15) is 0 Å². The van der Waals surface area contributed by atoms with Gasteiger partial charge in [0.25, 0.3) is 0 Å². The second-order valence-corrected chi connectivity index (χ2v) is 3.30. The lowest BCUT2D eigenvalue weighted by Crippen LogP contribution is -2.30. The lowest BCUT2D eigenvalue weighted by atomic mass is 10.1. The first kappa shape index (κ1) is 11.3. The largest absolute Gasteiger partial charge is 0.465 e. The number of carboxylic acid groups (broad SMARTS) is 1. The Bertz CT molecular complexity index is 400. The molecule has 1 heterocycles. The number of hydrogen-bond acceptors (Lipinski definition) is 2. The topological polar surface area (TPSA) is 73.4 Å². The van der Waals surface area contributed by atoms with Crippen molar-refractivity contribution in [1.82, 2.24) is 9.88 Å². The minimum absolute atomic E-state index is 0.124. The first-order chi connectivity index (χ1) is 7.06. The van der Waals surface area contributed by atoms with Crippen LogP contribution in [-0.4, -0.2) is 28.1 Å². The molecular weight excluding hydrogens is 196 g/mol. The molecule has 0 aliphatic rings. The van der Waals surface area contributed by atoms with Crippen molar-refractivity contribution in [3.63, 3.8) is 0 Å². The molecule has 2 N–H and O–H groups in total. The molecule has 1 aromatic rings. The highest BCUT2D eigenvalue weighted by Crippen LogP contribution is 2.19. The first-order valence-electron chi connectivity index (χ1n) is 4.70. The van der Waals surface area contributed by atoms with Gasteiger partial charge in [0.15, 0.2) is 5.43 Å². The summed E-state index contributed by atoms with van der Waals surface area (Å²) >= 11 is 0. The molecule has 0 aromatic carbocycles. The summed E-state index contributed by atoms with van der Waals surface area (Å²) in [4.78, 5) is 26.0. The van der Waals surface area contributed by atoms with E-state index in [2.05, 4.69) is 4.98 Å². The fraction of sp³-hybridized carbons (Fsp3) is 0.400. The zero-order valence-corrected chi connectivity index (χ0v) is 8.73. The molecule has 1 aromatic heterocycles. The highest BCUT2D eigenvalue weighted by molar-refractivity contribution is 5.65. The summed E-state index contributed by atoms with van der Waals surface area (Å²) in [5.41, 5.74) is 0.496. The van der Waals surface area contributed by atoms with E-state index < -0.39 is 6.09 Å². The number of amides is 1. The van der Waals surface area contributed by atoms with E-state index in [9.17, 15) is 9.59 Å². The summed E-state index contributed by atoms with van der Waals surface area (Å²) in [6, 6.07) is 2.52. The maximum atomic E-state index is 11.1. The van der Waals surface area contributed by atoms with Crippen LogP contribution < -0.4 is 5.43 Å². The molecule has 0 aliphatic heterocycles. The van der Waals surface area contributed by atoms with Crippen molar-refractivity contribution >= 4 is 6.09 Å². The SMILES string of the molecule is CCC(c1cc(=O)cc[nH]1)N(C)C(=O)O. The lowest BCUT2D eigenvalue weighted by Gasteiger charge is -2.24. The minimum atomic E-state index is -1.01. The van der Waals surface area contributed by atoms with E-state index in [1.807, 2.05) is 6.92 Å². The van der Waals surface area contributed by atoms with E-state index in [1.165, 1.54) is 30.3 Å². The Morgan fingerprint density at radius 2 is 2.33 bits per heavy atom. The monoisotopic (exact) mass is 210 g/mol. The summed E-state index contributed by atoms with van der Waals surface area (Å²) < 4.78 is 0. The van der Waals surface area contributed by atoms with Gasteiger partial charge in [-0.05, 0) is 6.42 Å². The molecule has 0 radical (unpaired) electrons. The van der Waals surface area contributed by atoms with Crippen molar-refractivity contribution in [3.8, 4) is 0 Å². The van der Waals surface area contributed by atoms with Crippen molar-refractivity contribution in [2.75, 3.05) is 7.05 Å². The maximum Gasteiger partial charge on any atom is 0.407 e. The molecule has 82 valence electrons. The quantitative estimate of drug-likeness (QED) is 0.792. The van der Waals surface area contributed by atoms with Crippen LogP contribution in [0.4, 0.5) is 4.79 Å². The van der Waals surface area contributed by atoms with Crippen LogP contribution >= 0.6 is 0 Å². The van der Waals surface area contributed by atoms with Gasteiger partial charge in [0.2, 0.25) is 0 Å². The van der Waals surface area contributed by atoms with Crippen LogP contribution in [0.5, 0.6) is 0 Å². The van der Waals surface area contributed by atoms with Crippen LogP contribution in [0.15, 0.2) is 23.1 Å². The van der Waals surface area contributed by atoms with Crippen LogP contribution in [-0.2, 0) is 0 Å². The van der Waals surface area contributed by atoms with Crippen LogP contribution in [0, 0.1) is 0 Å². The maximum absolute atomic E-state index is 11.1. The van der Waals surface area contributed by atoms with Gasteiger partial charge in [-0.25, -0.2) is 4.79 Å². The molecule has 1 atom stereocenters. The van der Waals surface area contributed by atoms with E-state index in [-0.39, 0.29) is 11.5 Å². The third kappa shape index (κ3) is 2.59. The molecule has 0 spiro atoms. The van der Waals surface area contributed by atoms with Crippen LogP contribution in [0.2, 0.25) is 0 Å². The predicted molar refractivity (Wildman–Crippen MR) is 55.9 cm³/mol. The molecule has 1 unspecified atom stereocenters. The average Bonchev–Trinajstić information content (AvgIpc) is 2.18. The molecule has 1 rings (SSSR count).